The van der Waals surface area contributed by atoms with Crippen molar-refractivity contribution < 1.29 is 33.6 Å². The number of benzene rings is 1. The van der Waals surface area contributed by atoms with Gasteiger partial charge in [-0.05, 0) is 25.0 Å². The molecule has 0 radical (unpaired) electrons. The molecule has 1 aliphatic rings. The first-order chi connectivity index (χ1) is 12.9. The fourth-order valence-electron chi connectivity index (χ4n) is 2.38. The molecule has 2 amide bonds. The number of aliphatic hydroxyl groups is 1. The van der Waals surface area contributed by atoms with Crippen LogP contribution in [0.15, 0.2) is 18.2 Å². The second kappa shape index (κ2) is 9.86. The first kappa shape index (κ1) is 20.6. The molecule has 0 fully saturated rings. The predicted octanol–water partition coefficient (Wildman–Crippen LogP) is 1.04. The summed E-state index contributed by atoms with van der Waals surface area (Å²) in [6, 6.07) is 4.34. The van der Waals surface area contributed by atoms with Gasteiger partial charge in [0, 0.05) is 12.6 Å². The van der Waals surface area contributed by atoms with Gasteiger partial charge >= 0.3 is 6.09 Å². The molecule has 0 bridgehead atoms. The molecule has 1 heterocycles. The van der Waals surface area contributed by atoms with Crippen LogP contribution < -0.4 is 24.8 Å². The van der Waals surface area contributed by atoms with Crippen molar-refractivity contribution in [3.8, 4) is 17.2 Å². The van der Waals surface area contributed by atoms with Crippen LogP contribution in [0.2, 0.25) is 0 Å². The second-order valence-corrected chi connectivity index (χ2v) is 6.31. The van der Waals surface area contributed by atoms with E-state index in [2.05, 4.69) is 10.6 Å². The number of amides is 2. The Balaban J connectivity index is 1.76. The van der Waals surface area contributed by atoms with Gasteiger partial charge in [-0.3, -0.25) is 4.79 Å². The first-order valence-electron chi connectivity index (χ1n) is 8.82. The number of alkyl carbamates (subject to hydrolysis) is 1. The van der Waals surface area contributed by atoms with Crippen LogP contribution in [0.4, 0.5) is 4.79 Å². The molecule has 27 heavy (non-hydrogen) atoms. The lowest BCUT2D eigenvalue weighted by atomic mass is 10.0. The highest BCUT2D eigenvalue weighted by Gasteiger charge is 2.25. The van der Waals surface area contributed by atoms with E-state index >= 15 is 0 Å². The smallest absolute Gasteiger partial charge is 0.407 e. The van der Waals surface area contributed by atoms with Gasteiger partial charge in [0.25, 0.3) is 0 Å². The molecule has 9 nitrogen and oxygen atoms in total. The molecule has 1 aromatic carbocycles. The summed E-state index contributed by atoms with van der Waals surface area (Å²) in [6.07, 6.45) is -1.58. The number of rotatable bonds is 9. The number of aliphatic hydroxyl groups excluding tert-OH is 1. The van der Waals surface area contributed by atoms with Crippen molar-refractivity contribution in [1.29, 1.82) is 0 Å². The van der Waals surface area contributed by atoms with Crippen molar-refractivity contribution >= 4 is 12.0 Å². The molecule has 0 spiro atoms. The van der Waals surface area contributed by atoms with Crippen molar-refractivity contribution in [2.75, 3.05) is 26.6 Å². The van der Waals surface area contributed by atoms with Crippen molar-refractivity contribution in [3.63, 3.8) is 0 Å². The summed E-state index contributed by atoms with van der Waals surface area (Å²) in [7, 11) is 0. The molecule has 2 unspecified atom stereocenters. The normalized spacial score (nSPS) is 14.4. The zero-order valence-electron chi connectivity index (χ0n) is 15.7. The lowest BCUT2D eigenvalue weighted by Crippen LogP contribution is -2.51. The number of carbonyl (C=O) groups excluding carboxylic acids is 2. The Labute approximate surface area is 157 Å². The van der Waals surface area contributed by atoms with Crippen molar-refractivity contribution in [2.24, 2.45) is 5.92 Å². The first-order valence-corrected chi connectivity index (χ1v) is 8.82. The maximum Gasteiger partial charge on any atom is 0.407 e. The van der Waals surface area contributed by atoms with Gasteiger partial charge in [0.2, 0.25) is 12.7 Å². The Bertz CT molecular complexity index is 651. The highest BCUT2D eigenvalue weighted by Crippen LogP contribution is 2.35. The molecule has 0 aliphatic carbocycles. The van der Waals surface area contributed by atoms with Crippen LogP contribution in [0.25, 0.3) is 0 Å². The average Bonchev–Trinajstić information content (AvgIpc) is 3.10. The molecule has 9 heteroatoms. The quantitative estimate of drug-likeness (QED) is 0.584. The Morgan fingerprint density at radius 2 is 2.00 bits per heavy atom. The molecule has 0 saturated carbocycles. The van der Waals surface area contributed by atoms with Crippen LogP contribution >= 0.6 is 0 Å². The SMILES string of the molecule is CCOC(=O)NC(C(=O)NCC(O)COc1ccc2c(c1)OCO2)C(C)C. The highest BCUT2D eigenvalue weighted by atomic mass is 16.7. The van der Waals surface area contributed by atoms with E-state index in [9.17, 15) is 14.7 Å². The summed E-state index contributed by atoms with van der Waals surface area (Å²) in [4.78, 5) is 23.8. The molecule has 2 rings (SSSR count). The number of hydrogen-bond donors (Lipinski definition) is 3. The Morgan fingerprint density at radius 3 is 2.70 bits per heavy atom. The molecule has 150 valence electrons. The number of ether oxygens (including phenoxy) is 4. The van der Waals surface area contributed by atoms with E-state index in [1.165, 1.54) is 0 Å². The van der Waals surface area contributed by atoms with Crippen molar-refractivity contribution in [2.45, 2.75) is 32.9 Å². The summed E-state index contributed by atoms with van der Waals surface area (Å²) in [6.45, 7) is 5.64. The number of nitrogens with one attached hydrogen (secondary N) is 2. The van der Waals surface area contributed by atoms with Crippen LogP contribution in [0.5, 0.6) is 17.2 Å². The van der Waals surface area contributed by atoms with E-state index < -0.39 is 24.1 Å². The number of carbonyl (C=O) groups is 2. The summed E-state index contributed by atoms with van der Waals surface area (Å²) in [5.41, 5.74) is 0. The van der Waals surface area contributed by atoms with Crippen LogP contribution in [-0.4, -0.2) is 55.8 Å². The monoisotopic (exact) mass is 382 g/mol. The molecule has 0 saturated heterocycles. The lowest BCUT2D eigenvalue weighted by molar-refractivity contribution is -0.124. The number of hydrogen-bond acceptors (Lipinski definition) is 7. The largest absolute Gasteiger partial charge is 0.491 e. The molecule has 2 atom stereocenters. The second-order valence-electron chi connectivity index (χ2n) is 6.31. The van der Waals surface area contributed by atoms with Gasteiger partial charge in [0.1, 0.15) is 24.5 Å². The van der Waals surface area contributed by atoms with E-state index in [0.717, 1.165) is 0 Å². The molecular formula is C18H26N2O7. The Morgan fingerprint density at radius 1 is 1.26 bits per heavy atom. The third-order valence-electron chi connectivity index (χ3n) is 3.80. The van der Waals surface area contributed by atoms with E-state index in [1.54, 1.807) is 39.0 Å². The van der Waals surface area contributed by atoms with E-state index in [0.29, 0.717) is 17.2 Å². The molecule has 1 aliphatic heterocycles. The van der Waals surface area contributed by atoms with Gasteiger partial charge < -0.3 is 34.7 Å². The third-order valence-corrected chi connectivity index (χ3v) is 3.80. The van der Waals surface area contributed by atoms with Crippen LogP contribution in [-0.2, 0) is 9.53 Å². The van der Waals surface area contributed by atoms with Crippen LogP contribution in [0.1, 0.15) is 20.8 Å². The summed E-state index contributed by atoms with van der Waals surface area (Å²) in [5.74, 6) is 1.20. The number of fused-ring (bicyclic) bond motifs is 1. The fourth-order valence-corrected chi connectivity index (χ4v) is 2.38. The zero-order chi connectivity index (χ0) is 19.8. The molecular weight excluding hydrogens is 356 g/mol. The summed E-state index contributed by atoms with van der Waals surface area (Å²) in [5, 5.41) is 15.1. The van der Waals surface area contributed by atoms with E-state index in [-0.39, 0.29) is 32.5 Å². The minimum atomic E-state index is -0.922. The fraction of sp³-hybridized carbons (Fsp3) is 0.556. The maximum atomic E-state index is 12.3. The molecule has 1 aromatic rings. The van der Waals surface area contributed by atoms with Gasteiger partial charge in [0.15, 0.2) is 11.5 Å². The van der Waals surface area contributed by atoms with Crippen molar-refractivity contribution in [3.05, 3.63) is 18.2 Å². The van der Waals surface area contributed by atoms with Gasteiger partial charge in [-0.25, -0.2) is 4.79 Å². The van der Waals surface area contributed by atoms with Gasteiger partial charge in [-0.15, -0.1) is 0 Å². The lowest BCUT2D eigenvalue weighted by Gasteiger charge is -2.22. The zero-order valence-corrected chi connectivity index (χ0v) is 15.7. The van der Waals surface area contributed by atoms with Crippen LogP contribution in [0, 0.1) is 5.92 Å². The molecule has 3 N–H and O–H groups in total. The summed E-state index contributed by atoms with van der Waals surface area (Å²) >= 11 is 0. The minimum absolute atomic E-state index is 0.0163. The third kappa shape index (κ3) is 6.21. The average molecular weight is 382 g/mol. The minimum Gasteiger partial charge on any atom is -0.491 e. The van der Waals surface area contributed by atoms with E-state index in [4.69, 9.17) is 18.9 Å². The van der Waals surface area contributed by atoms with Crippen molar-refractivity contribution in [1.82, 2.24) is 10.6 Å². The predicted molar refractivity (Wildman–Crippen MR) is 95.9 cm³/mol. The van der Waals surface area contributed by atoms with Crippen LogP contribution in [0.3, 0.4) is 0 Å². The van der Waals surface area contributed by atoms with Gasteiger partial charge in [-0.1, -0.05) is 13.8 Å². The standard InChI is InChI=1S/C18H26N2O7/c1-4-24-18(23)20-16(11(2)3)17(22)19-8-12(21)9-25-13-5-6-14-15(7-13)27-10-26-14/h5-7,11-12,16,21H,4,8-10H2,1-3H3,(H,19,22)(H,20,23). The Kier molecular flexibility index (Phi) is 7.54. The van der Waals surface area contributed by atoms with Gasteiger partial charge in [-0.2, -0.15) is 0 Å². The topological polar surface area (TPSA) is 115 Å². The van der Waals surface area contributed by atoms with Gasteiger partial charge in [0.05, 0.1) is 6.61 Å². The maximum absolute atomic E-state index is 12.3. The van der Waals surface area contributed by atoms with E-state index in [1.807, 2.05) is 0 Å². The Hall–Kier alpha value is -2.68. The summed E-state index contributed by atoms with van der Waals surface area (Å²) < 4.78 is 20.8. The highest BCUT2D eigenvalue weighted by molar-refractivity contribution is 5.85. The molecule has 0 aromatic heterocycles.